The Kier molecular flexibility index (Phi) is 4.93. The molecule has 1 spiro atoms. The molecule has 5 rings (SSSR count). The molecule has 0 bridgehead atoms. The minimum absolute atomic E-state index is 0.115. The number of carboxylic acid groups (broad SMARTS) is 1. The highest BCUT2D eigenvalue weighted by atomic mass is 19.3. The molecule has 178 valence electrons. The molecule has 7 nitrogen and oxygen atoms in total. The van der Waals surface area contributed by atoms with Gasteiger partial charge in [-0.3, -0.25) is 9.20 Å². The zero-order chi connectivity index (χ0) is 24.4. The minimum Gasteiger partial charge on any atom is -0.478 e. The van der Waals surface area contributed by atoms with Crippen molar-refractivity contribution in [3.8, 4) is 0 Å². The number of hydrogen-bond donors (Lipinski definition) is 2. The number of benzene rings is 1. The summed E-state index contributed by atoms with van der Waals surface area (Å²) in [7, 11) is 0. The molecule has 1 unspecified atom stereocenters. The number of nitrogens with one attached hydrogen (secondary N) is 1. The molecule has 1 aliphatic heterocycles. The van der Waals surface area contributed by atoms with Gasteiger partial charge in [0.15, 0.2) is 0 Å². The molecule has 3 aromatic rings. The lowest BCUT2D eigenvalue weighted by atomic mass is 9.61. The third-order valence-electron chi connectivity index (χ3n) is 6.90. The topological polar surface area (TPSA) is 86.9 Å². The van der Waals surface area contributed by atoms with E-state index in [0.29, 0.717) is 35.8 Å². The Morgan fingerprint density at radius 2 is 1.88 bits per heavy atom. The van der Waals surface area contributed by atoms with E-state index in [0.717, 1.165) is 11.1 Å². The van der Waals surface area contributed by atoms with Gasteiger partial charge in [-0.1, -0.05) is 12.1 Å². The van der Waals surface area contributed by atoms with Crippen molar-refractivity contribution < 1.29 is 18.7 Å². The summed E-state index contributed by atoms with van der Waals surface area (Å²) in [6, 6.07) is 8.21. The molecular formula is C25H26F2N4O3. The van der Waals surface area contributed by atoms with Crippen molar-refractivity contribution in [3.05, 3.63) is 69.1 Å². The number of hydrogen-bond acceptors (Lipinski definition) is 5. The Morgan fingerprint density at radius 3 is 2.53 bits per heavy atom. The third-order valence-corrected chi connectivity index (χ3v) is 6.90. The molecule has 0 amide bonds. The number of fused-ring (bicyclic) bond motifs is 1. The van der Waals surface area contributed by atoms with Crippen LogP contribution >= 0.6 is 0 Å². The number of alkyl halides is 2. The van der Waals surface area contributed by atoms with Crippen LogP contribution < -0.4 is 15.8 Å². The van der Waals surface area contributed by atoms with Crippen molar-refractivity contribution in [1.29, 1.82) is 0 Å². The summed E-state index contributed by atoms with van der Waals surface area (Å²) in [6.07, 6.45) is 1.50. The number of carboxylic acids is 1. The van der Waals surface area contributed by atoms with Gasteiger partial charge in [0.05, 0.1) is 17.2 Å². The molecule has 1 saturated carbocycles. The van der Waals surface area contributed by atoms with Crippen LogP contribution in [0.4, 0.5) is 20.3 Å². The van der Waals surface area contributed by atoms with E-state index in [-0.39, 0.29) is 35.4 Å². The number of aromatic carboxylic acids is 1. The Bertz CT molecular complexity index is 1370. The summed E-state index contributed by atoms with van der Waals surface area (Å²) < 4.78 is 28.4. The van der Waals surface area contributed by atoms with E-state index in [9.17, 15) is 23.5 Å². The maximum atomic E-state index is 13.4. The number of rotatable bonds is 5. The SMILES string of the molecule is Cc1cc(C(C)Nc2ccccc2C(=O)O)c2nc(N3CC4(C3)CC(F)(F)C4)c(C)c(=O)n2c1. The van der Waals surface area contributed by atoms with Crippen LogP contribution in [0.15, 0.2) is 41.3 Å². The summed E-state index contributed by atoms with van der Waals surface area (Å²) in [5.41, 5.74) is 2.57. The summed E-state index contributed by atoms with van der Waals surface area (Å²) in [6.45, 7) is 6.41. The molecule has 2 aromatic heterocycles. The van der Waals surface area contributed by atoms with E-state index in [1.165, 1.54) is 10.5 Å². The van der Waals surface area contributed by atoms with Gasteiger partial charge in [0.25, 0.3) is 5.56 Å². The van der Waals surface area contributed by atoms with E-state index < -0.39 is 11.9 Å². The van der Waals surface area contributed by atoms with Gasteiger partial charge in [-0.25, -0.2) is 18.6 Å². The molecule has 2 N–H and O–H groups in total. The van der Waals surface area contributed by atoms with Crippen LogP contribution in [0.2, 0.25) is 0 Å². The molecule has 34 heavy (non-hydrogen) atoms. The average molecular weight is 469 g/mol. The summed E-state index contributed by atoms with van der Waals surface area (Å²) in [5, 5.41) is 12.8. The van der Waals surface area contributed by atoms with Crippen LogP contribution in [-0.4, -0.2) is 39.5 Å². The van der Waals surface area contributed by atoms with Crippen LogP contribution in [0, 0.1) is 19.3 Å². The predicted octanol–water partition coefficient (Wildman–Crippen LogP) is 4.42. The minimum atomic E-state index is -2.59. The van der Waals surface area contributed by atoms with Crippen molar-refractivity contribution in [1.82, 2.24) is 9.38 Å². The first-order chi connectivity index (χ1) is 16.0. The van der Waals surface area contributed by atoms with E-state index in [1.807, 2.05) is 24.8 Å². The standard InChI is InChI=1S/C25H26F2N4O3/c1-14-8-18(16(3)28-19-7-5-4-6-17(19)23(33)34)21-29-20(15(2)22(32)31(21)9-14)30-12-24(13-30)10-25(26,27)11-24/h4-9,16,28H,10-13H2,1-3H3,(H,33,34). The zero-order valence-electron chi connectivity index (χ0n) is 19.2. The molecule has 3 heterocycles. The van der Waals surface area contributed by atoms with Crippen molar-refractivity contribution in [3.63, 3.8) is 0 Å². The van der Waals surface area contributed by atoms with Crippen LogP contribution in [0.5, 0.6) is 0 Å². The Hall–Kier alpha value is -3.49. The maximum Gasteiger partial charge on any atom is 0.337 e. The van der Waals surface area contributed by atoms with Crippen molar-refractivity contribution >= 4 is 23.1 Å². The summed E-state index contributed by atoms with van der Waals surface area (Å²) in [4.78, 5) is 31.6. The number of para-hydroxylation sites is 1. The second-order valence-electron chi connectivity index (χ2n) is 9.81. The Morgan fingerprint density at radius 1 is 1.21 bits per heavy atom. The number of halogens is 2. The van der Waals surface area contributed by atoms with Gasteiger partial charge < -0.3 is 15.3 Å². The summed E-state index contributed by atoms with van der Waals surface area (Å²) in [5.74, 6) is -3.10. The lowest BCUT2D eigenvalue weighted by molar-refractivity contribution is -0.170. The third kappa shape index (κ3) is 3.59. The second kappa shape index (κ2) is 7.51. The Labute approximate surface area is 195 Å². The van der Waals surface area contributed by atoms with Gasteiger partial charge >= 0.3 is 5.97 Å². The molecule has 1 aromatic carbocycles. The van der Waals surface area contributed by atoms with E-state index >= 15 is 0 Å². The number of aryl methyl sites for hydroxylation is 1. The maximum absolute atomic E-state index is 13.4. The van der Waals surface area contributed by atoms with Crippen LogP contribution in [-0.2, 0) is 0 Å². The average Bonchev–Trinajstić information content (AvgIpc) is 2.73. The summed E-state index contributed by atoms with van der Waals surface area (Å²) >= 11 is 0. The van der Waals surface area contributed by atoms with E-state index in [4.69, 9.17) is 4.98 Å². The van der Waals surface area contributed by atoms with E-state index in [2.05, 4.69) is 5.32 Å². The lowest BCUT2D eigenvalue weighted by Crippen LogP contribution is -2.66. The molecule has 2 aliphatic rings. The fourth-order valence-corrected chi connectivity index (χ4v) is 5.40. The van der Waals surface area contributed by atoms with Crippen molar-refractivity contribution in [2.45, 2.75) is 45.6 Å². The highest BCUT2D eigenvalue weighted by Crippen LogP contribution is 2.57. The smallest absolute Gasteiger partial charge is 0.337 e. The first-order valence-electron chi connectivity index (χ1n) is 11.2. The first-order valence-corrected chi connectivity index (χ1v) is 11.2. The van der Waals surface area contributed by atoms with Gasteiger partial charge in [0.1, 0.15) is 11.5 Å². The first kappa shape index (κ1) is 22.3. The molecular weight excluding hydrogens is 442 g/mol. The molecule has 1 atom stereocenters. The van der Waals surface area contributed by atoms with Crippen LogP contribution in [0.25, 0.3) is 5.65 Å². The van der Waals surface area contributed by atoms with Crippen molar-refractivity contribution in [2.75, 3.05) is 23.3 Å². The van der Waals surface area contributed by atoms with Gasteiger partial charge in [-0.2, -0.15) is 0 Å². The van der Waals surface area contributed by atoms with Gasteiger partial charge in [-0.15, -0.1) is 0 Å². The number of carbonyl (C=O) groups is 1. The number of nitrogens with zero attached hydrogens (tertiary/aromatic N) is 3. The van der Waals surface area contributed by atoms with E-state index in [1.54, 1.807) is 31.3 Å². The van der Waals surface area contributed by atoms with Gasteiger partial charge in [0, 0.05) is 48.8 Å². The molecule has 0 radical (unpaired) electrons. The zero-order valence-corrected chi connectivity index (χ0v) is 19.2. The number of pyridine rings is 1. The van der Waals surface area contributed by atoms with Crippen LogP contribution in [0.1, 0.15) is 52.9 Å². The van der Waals surface area contributed by atoms with Gasteiger partial charge in [-0.05, 0) is 44.5 Å². The lowest BCUT2D eigenvalue weighted by Gasteiger charge is -2.59. The number of aromatic nitrogens is 2. The molecule has 1 saturated heterocycles. The monoisotopic (exact) mass is 468 g/mol. The largest absolute Gasteiger partial charge is 0.478 e. The fraction of sp³-hybridized carbons (Fsp3) is 0.400. The number of anilines is 2. The van der Waals surface area contributed by atoms with Crippen molar-refractivity contribution in [2.24, 2.45) is 5.41 Å². The highest BCUT2D eigenvalue weighted by molar-refractivity contribution is 5.94. The normalized spacial score (nSPS) is 18.9. The fourth-order valence-electron chi connectivity index (χ4n) is 5.40. The highest BCUT2D eigenvalue weighted by Gasteiger charge is 2.62. The Balaban J connectivity index is 1.53. The quantitative estimate of drug-likeness (QED) is 0.577. The van der Waals surface area contributed by atoms with Gasteiger partial charge in [0.2, 0.25) is 5.92 Å². The van der Waals surface area contributed by atoms with Crippen LogP contribution in [0.3, 0.4) is 0 Å². The second-order valence-corrected chi connectivity index (χ2v) is 9.81. The molecule has 2 fully saturated rings. The predicted molar refractivity (Wildman–Crippen MR) is 125 cm³/mol. The molecule has 9 heteroatoms. The molecule has 1 aliphatic carbocycles.